The Hall–Kier alpha value is -6.39. The lowest BCUT2D eigenvalue weighted by Crippen LogP contribution is -2.01. The van der Waals surface area contributed by atoms with Gasteiger partial charge in [0.25, 0.3) is 0 Å². The number of aromatic nitrogens is 4. The van der Waals surface area contributed by atoms with Crippen molar-refractivity contribution in [1.82, 2.24) is 19.5 Å². The molecule has 4 nitrogen and oxygen atoms in total. The highest BCUT2D eigenvalue weighted by molar-refractivity contribution is 6.11. The van der Waals surface area contributed by atoms with Gasteiger partial charge < -0.3 is 4.57 Å². The summed E-state index contributed by atoms with van der Waals surface area (Å²) in [6, 6.07) is 59.2. The molecule has 7 aromatic carbocycles. The summed E-state index contributed by atoms with van der Waals surface area (Å²) in [5.74, 6) is 1.93. The van der Waals surface area contributed by atoms with Crippen LogP contribution in [0, 0.1) is 0 Å². The van der Waals surface area contributed by atoms with Crippen LogP contribution in [0.15, 0.2) is 170 Å². The van der Waals surface area contributed by atoms with Crippen molar-refractivity contribution in [3.63, 3.8) is 0 Å². The first-order valence-corrected chi connectivity index (χ1v) is 15.8. The van der Waals surface area contributed by atoms with Gasteiger partial charge in [0, 0.05) is 32.8 Å². The lowest BCUT2D eigenvalue weighted by atomic mass is 10.0. The van der Waals surface area contributed by atoms with E-state index in [4.69, 9.17) is 15.0 Å². The van der Waals surface area contributed by atoms with Gasteiger partial charge in [0.1, 0.15) is 0 Å². The Morgan fingerprint density at radius 1 is 0.298 bits per heavy atom. The van der Waals surface area contributed by atoms with E-state index >= 15 is 0 Å². The van der Waals surface area contributed by atoms with Crippen molar-refractivity contribution < 1.29 is 0 Å². The second kappa shape index (κ2) is 11.2. The summed E-state index contributed by atoms with van der Waals surface area (Å²) in [5.41, 5.74) is 8.66. The van der Waals surface area contributed by atoms with E-state index in [-0.39, 0.29) is 0 Å². The quantitative estimate of drug-likeness (QED) is 0.197. The van der Waals surface area contributed by atoms with Crippen molar-refractivity contribution in [2.75, 3.05) is 0 Å². The van der Waals surface area contributed by atoms with E-state index in [2.05, 4.69) is 138 Å². The molecule has 0 amide bonds. The molecule has 220 valence electrons. The summed E-state index contributed by atoms with van der Waals surface area (Å²) in [6.07, 6.45) is 0. The molecule has 0 aliphatic rings. The fraction of sp³-hybridized carbons (Fsp3) is 0. The average Bonchev–Trinajstić information content (AvgIpc) is 3.49. The predicted octanol–water partition coefficient (Wildman–Crippen LogP) is 10.8. The molecule has 0 fully saturated rings. The summed E-state index contributed by atoms with van der Waals surface area (Å²) in [6.45, 7) is 0. The monoisotopic (exact) mass is 600 g/mol. The SMILES string of the molecule is c1ccc(-c2ccc(-c3nc(-c4ccccc4)nc(-c4cccc5c(-n6c7ccccc7c7ccccc76)cccc45)n3)cc2)cc1. The van der Waals surface area contributed by atoms with Crippen LogP contribution < -0.4 is 0 Å². The molecule has 0 radical (unpaired) electrons. The molecule has 0 aliphatic heterocycles. The molecule has 0 aliphatic carbocycles. The van der Waals surface area contributed by atoms with Crippen molar-refractivity contribution in [2.24, 2.45) is 0 Å². The van der Waals surface area contributed by atoms with E-state index in [1.165, 1.54) is 27.4 Å². The van der Waals surface area contributed by atoms with Gasteiger partial charge in [-0.05, 0) is 34.7 Å². The number of fused-ring (bicyclic) bond motifs is 4. The van der Waals surface area contributed by atoms with Gasteiger partial charge >= 0.3 is 0 Å². The van der Waals surface area contributed by atoms with Crippen molar-refractivity contribution >= 4 is 32.6 Å². The molecular weight excluding hydrogens is 573 g/mol. The van der Waals surface area contributed by atoms with Gasteiger partial charge in [-0.1, -0.05) is 152 Å². The molecule has 2 heterocycles. The summed E-state index contributed by atoms with van der Waals surface area (Å²) < 4.78 is 2.37. The van der Waals surface area contributed by atoms with Gasteiger partial charge in [-0.2, -0.15) is 0 Å². The Labute approximate surface area is 272 Å². The molecule has 9 aromatic rings. The summed E-state index contributed by atoms with van der Waals surface area (Å²) in [7, 11) is 0. The Morgan fingerprint density at radius 3 is 1.40 bits per heavy atom. The van der Waals surface area contributed by atoms with Crippen molar-refractivity contribution in [3.05, 3.63) is 170 Å². The molecule has 0 N–H and O–H groups in total. The summed E-state index contributed by atoms with van der Waals surface area (Å²) >= 11 is 0. The largest absolute Gasteiger partial charge is 0.309 e. The predicted molar refractivity (Wildman–Crippen MR) is 193 cm³/mol. The zero-order valence-electron chi connectivity index (χ0n) is 25.5. The molecule has 9 rings (SSSR count). The molecule has 0 spiro atoms. The fourth-order valence-corrected chi connectivity index (χ4v) is 6.65. The molecule has 0 atom stereocenters. The molecule has 47 heavy (non-hydrogen) atoms. The maximum absolute atomic E-state index is 5.12. The van der Waals surface area contributed by atoms with Crippen LogP contribution in [-0.4, -0.2) is 19.5 Å². The van der Waals surface area contributed by atoms with Crippen LogP contribution >= 0.6 is 0 Å². The highest BCUT2D eigenvalue weighted by atomic mass is 15.0. The number of benzene rings is 7. The fourth-order valence-electron chi connectivity index (χ4n) is 6.65. The lowest BCUT2D eigenvalue weighted by Gasteiger charge is -2.14. The molecule has 0 unspecified atom stereocenters. The van der Waals surface area contributed by atoms with E-state index in [9.17, 15) is 0 Å². The van der Waals surface area contributed by atoms with E-state index in [1.807, 2.05) is 36.4 Å². The van der Waals surface area contributed by atoms with E-state index in [1.54, 1.807) is 0 Å². The maximum Gasteiger partial charge on any atom is 0.164 e. The third-order valence-electron chi connectivity index (χ3n) is 8.88. The van der Waals surface area contributed by atoms with Crippen LogP contribution in [0.25, 0.3) is 83.6 Å². The number of hydrogen-bond donors (Lipinski definition) is 0. The van der Waals surface area contributed by atoms with E-state index < -0.39 is 0 Å². The highest BCUT2D eigenvalue weighted by Crippen LogP contribution is 2.37. The van der Waals surface area contributed by atoms with Crippen LogP contribution in [0.3, 0.4) is 0 Å². The van der Waals surface area contributed by atoms with Crippen LogP contribution in [0.4, 0.5) is 0 Å². The third-order valence-corrected chi connectivity index (χ3v) is 8.88. The Bertz CT molecular complexity index is 2500. The van der Waals surface area contributed by atoms with Gasteiger partial charge in [0.2, 0.25) is 0 Å². The van der Waals surface area contributed by atoms with Crippen LogP contribution in [-0.2, 0) is 0 Å². The first-order valence-electron chi connectivity index (χ1n) is 15.8. The van der Waals surface area contributed by atoms with Gasteiger partial charge in [-0.25, -0.2) is 15.0 Å². The molecule has 0 saturated carbocycles. The number of hydrogen-bond acceptors (Lipinski definition) is 3. The van der Waals surface area contributed by atoms with Crippen molar-refractivity contribution in [3.8, 4) is 51.0 Å². The topological polar surface area (TPSA) is 43.6 Å². The number of rotatable bonds is 5. The molecule has 0 saturated heterocycles. The first-order chi connectivity index (χ1) is 23.3. The number of para-hydroxylation sites is 2. The minimum Gasteiger partial charge on any atom is -0.309 e. The van der Waals surface area contributed by atoms with Crippen LogP contribution in [0.5, 0.6) is 0 Å². The van der Waals surface area contributed by atoms with Crippen LogP contribution in [0.2, 0.25) is 0 Å². The van der Waals surface area contributed by atoms with Gasteiger partial charge in [-0.3, -0.25) is 0 Å². The van der Waals surface area contributed by atoms with Crippen LogP contribution in [0.1, 0.15) is 0 Å². The second-order valence-corrected chi connectivity index (χ2v) is 11.7. The zero-order valence-corrected chi connectivity index (χ0v) is 25.5. The Morgan fingerprint density at radius 2 is 0.745 bits per heavy atom. The zero-order chi connectivity index (χ0) is 31.2. The molecule has 2 aromatic heterocycles. The summed E-state index contributed by atoms with van der Waals surface area (Å²) in [5, 5.41) is 4.70. The Balaban J connectivity index is 1.24. The normalized spacial score (nSPS) is 11.4. The van der Waals surface area contributed by atoms with E-state index in [0.717, 1.165) is 38.7 Å². The Kier molecular flexibility index (Phi) is 6.43. The number of nitrogens with zero attached hydrogens (tertiary/aromatic N) is 4. The maximum atomic E-state index is 5.12. The molecular formula is C43H28N4. The highest BCUT2D eigenvalue weighted by Gasteiger charge is 2.17. The average molecular weight is 601 g/mol. The molecule has 0 bridgehead atoms. The summed E-state index contributed by atoms with van der Waals surface area (Å²) in [4.78, 5) is 15.2. The minimum atomic E-state index is 0.643. The van der Waals surface area contributed by atoms with Gasteiger partial charge in [-0.15, -0.1) is 0 Å². The van der Waals surface area contributed by atoms with Gasteiger partial charge in [0.05, 0.1) is 16.7 Å². The van der Waals surface area contributed by atoms with Gasteiger partial charge in [0.15, 0.2) is 17.5 Å². The smallest absolute Gasteiger partial charge is 0.164 e. The standard InChI is InChI=1S/C43H28N4/c1-3-13-29(14-4-1)30-25-27-32(28-26-30)42-44-41(31-15-5-2-6-16-31)45-43(46-42)37-21-11-20-34-33(37)19-12-24-40(34)47-38-22-9-7-17-35(38)36-18-8-10-23-39(36)47/h1-28H. The lowest BCUT2D eigenvalue weighted by molar-refractivity contribution is 1.08. The third kappa shape index (κ3) is 4.66. The van der Waals surface area contributed by atoms with Crippen molar-refractivity contribution in [1.29, 1.82) is 0 Å². The molecule has 4 heteroatoms. The van der Waals surface area contributed by atoms with E-state index in [0.29, 0.717) is 17.5 Å². The first kappa shape index (κ1) is 27.0. The second-order valence-electron chi connectivity index (χ2n) is 11.7. The minimum absolute atomic E-state index is 0.643. The van der Waals surface area contributed by atoms with Crippen molar-refractivity contribution in [2.45, 2.75) is 0 Å².